The largest absolute Gasteiger partial charge is 0.493 e. The van der Waals surface area contributed by atoms with Gasteiger partial charge in [0.2, 0.25) is 0 Å². The average molecular weight is 388 g/mol. The van der Waals surface area contributed by atoms with Crippen LogP contribution < -0.4 is 9.64 Å². The lowest BCUT2D eigenvalue weighted by molar-refractivity contribution is 0.233. The molecule has 0 spiro atoms. The van der Waals surface area contributed by atoms with Crippen molar-refractivity contribution in [3.63, 3.8) is 0 Å². The molecule has 0 fully saturated rings. The summed E-state index contributed by atoms with van der Waals surface area (Å²) < 4.78 is 6.10. The Hall–Kier alpha value is -2.74. The summed E-state index contributed by atoms with van der Waals surface area (Å²) in [5.74, 6) is 1.59. The SMILES string of the molecule is CCCCC(CC)COc1ccc(N(c2ccccc2)c2ccc(C)cc2)cc1. The fraction of sp³-hybridized carbons (Fsp3) is 0.333. The van der Waals surface area contributed by atoms with E-state index < -0.39 is 0 Å². The van der Waals surface area contributed by atoms with Gasteiger partial charge >= 0.3 is 0 Å². The number of rotatable bonds is 10. The third-order valence-corrected chi connectivity index (χ3v) is 5.43. The van der Waals surface area contributed by atoms with Crippen LogP contribution in [0.15, 0.2) is 78.9 Å². The molecule has 152 valence electrons. The monoisotopic (exact) mass is 387 g/mol. The number of anilines is 3. The maximum absolute atomic E-state index is 6.10. The van der Waals surface area contributed by atoms with Crippen LogP contribution in [-0.4, -0.2) is 6.61 Å². The summed E-state index contributed by atoms with van der Waals surface area (Å²) in [7, 11) is 0. The van der Waals surface area contributed by atoms with Crippen molar-refractivity contribution in [1.29, 1.82) is 0 Å². The molecule has 0 N–H and O–H groups in total. The van der Waals surface area contributed by atoms with E-state index in [2.05, 4.69) is 105 Å². The highest BCUT2D eigenvalue weighted by Crippen LogP contribution is 2.35. The number of para-hydroxylation sites is 1. The van der Waals surface area contributed by atoms with Crippen LogP contribution in [0.3, 0.4) is 0 Å². The number of ether oxygens (including phenoxy) is 1. The Balaban J connectivity index is 1.78. The van der Waals surface area contributed by atoms with Gasteiger partial charge in [-0.2, -0.15) is 0 Å². The molecule has 2 heteroatoms. The highest BCUT2D eigenvalue weighted by atomic mass is 16.5. The van der Waals surface area contributed by atoms with Gasteiger partial charge in [-0.3, -0.25) is 0 Å². The van der Waals surface area contributed by atoms with Crippen molar-refractivity contribution < 1.29 is 4.74 Å². The number of aryl methyl sites for hydroxylation is 1. The standard InChI is InChI=1S/C27H33NO/c1-4-6-10-23(5-2)21-29-27-19-17-26(18-20-27)28(24-11-8-7-9-12-24)25-15-13-22(3)14-16-25/h7-9,11-20,23H,4-6,10,21H2,1-3H3. The Morgan fingerprint density at radius 2 is 1.34 bits per heavy atom. The van der Waals surface area contributed by atoms with Gasteiger partial charge in [0, 0.05) is 17.1 Å². The molecule has 1 atom stereocenters. The molecule has 0 aliphatic rings. The smallest absolute Gasteiger partial charge is 0.119 e. The molecule has 0 heterocycles. The van der Waals surface area contributed by atoms with Gasteiger partial charge in [0.05, 0.1) is 6.61 Å². The van der Waals surface area contributed by atoms with Crippen molar-refractivity contribution in [2.75, 3.05) is 11.5 Å². The summed E-state index contributed by atoms with van der Waals surface area (Å²) in [5, 5.41) is 0. The van der Waals surface area contributed by atoms with Crippen molar-refractivity contribution >= 4 is 17.1 Å². The molecule has 3 aromatic rings. The topological polar surface area (TPSA) is 12.5 Å². The molecule has 1 unspecified atom stereocenters. The average Bonchev–Trinajstić information content (AvgIpc) is 2.77. The quantitative estimate of drug-likeness (QED) is 0.349. The van der Waals surface area contributed by atoms with Gasteiger partial charge in [0.15, 0.2) is 0 Å². The normalized spacial score (nSPS) is 11.8. The second kappa shape index (κ2) is 10.7. The van der Waals surface area contributed by atoms with Gasteiger partial charge in [-0.05, 0) is 67.8 Å². The summed E-state index contributed by atoms with van der Waals surface area (Å²) in [4.78, 5) is 2.28. The van der Waals surface area contributed by atoms with Gasteiger partial charge in [-0.1, -0.05) is 69.0 Å². The minimum absolute atomic E-state index is 0.642. The molecule has 0 aliphatic heterocycles. The van der Waals surface area contributed by atoms with Crippen molar-refractivity contribution in [2.24, 2.45) is 5.92 Å². The van der Waals surface area contributed by atoms with E-state index in [0.29, 0.717) is 5.92 Å². The van der Waals surface area contributed by atoms with E-state index in [0.717, 1.165) is 29.4 Å². The Labute approximate surface area is 176 Å². The van der Waals surface area contributed by atoms with Gasteiger partial charge in [0.25, 0.3) is 0 Å². The maximum Gasteiger partial charge on any atom is 0.119 e. The molecule has 0 aliphatic carbocycles. The lowest BCUT2D eigenvalue weighted by Crippen LogP contribution is -2.12. The molecule has 3 rings (SSSR count). The zero-order chi connectivity index (χ0) is 20.5. The zero-order valence-corrected chi connectivity index (χ0v) is 18.0. The van der Waals surface area contributed by atoms with Crippen molar-refractivity contribution in [3.05, 3.63) is 84.4 Å². The molecule has 0 saturated carbocycles. The van der Waals surface area contributed by atoms with Crippen LogP contribution in [0.5, 0.6) is 5.75 Å². The first-order valence-electron chi connectivity index (χ1n) is 10.9. The van der Waals surface area contributed by atoms with E-state index >= 15 is 0 Å². The molecule has 0 amide bonds. The van der Waals surface area contributed by atoms with Gasteiger partial charge in [-0.15, -0.1) is 0 Å². The first-order valence-corrected chi connectivity index (χ1v) is 10.9. The lowest BCUT2D eigenvalue weighted by Gasteiger charge is -2.25. The Bertz CT molecular complexity index is 840. The molecule has 0 radical (unpaired) electrons. The predicted molar refractivity (Wildman–Crippen MR) is 125 cm³/mol. The number of hydrogen-bond donors (Lipinski definition) is 0. The van der Waals surface area contributed by atoms with Crippen LogP contribution >= 0.6 is 0 Å². The third kappa shape index (κ3) is 5.87. The fourth-order valence-corrected chi connectivity index (χ4v) is 3.52. The summed E-state index contributed by atoms with van der Waals surface area (Å²) in [6.45, 7) is 7.42. The Kier molecular flexibility index (Phi) is 7.75. The molecular formula is C27H33NO. The third-order valence-electron chi connectivity index (χ3n) is 5.43. The summed E-state index contributed by atoms with van der Waals surface area (Å²) in [6.07, 6.45) is 4.95. The molecule has 0 aromatic heterocycles. The van der Waals surface area contributed by atoms with Crippen LogP contribution in [0.2, 0.25) is 0 Å². The van der Waals surface area contributed by atoms with Crippen LogP contribution in [0.1, 0.15) is 45.1 Å². The zero-order valence-electron chi connectivity index (χ0n) is 18.0. The van der Waals surface area contributed by atoms with E-state index in [4.69, 9.17) is 4.74 Å². The van der Waals surface area contributed by atoms with Gasteiger partial charge < -0.3 is 9.64 Å². The highest BCUT2D eigenvalue weighted by molar-refractivity contribution is 5.76. The molecule has 29 heavy (non-hydrogen) atoms. The number of unbranched alkanes of at least 4 members (excludes halogenated alkanes) is 1. The minimum Gasteiger partial charge on any atom is -0.493 e. The van der Waals surface area contributed by atoms with Crippen LogP contribution in [0.4, 0.5) is 17.1 Å². The van der Waals surface area contributed by atoms with E-state index in [1.165, 1.54) is 31.2 Å². The molecule has 3 aromatic carbocycles. The number of hydrogen-bond acceptors (Lipinski definition) is 2. The summed E-state index contributed by atoms with van der Waals surface area (Å²) in [6, 6.07) is 27.6. The number of benzene rings is 3. The van der Waals surface area contributed by atoms with E-state index in [1.54, 1.807) is 0 Å². The molecule has 2 nitrogen and oxygen atoms in total. The molecular weight excluding hydrogens is 354 g/mol. The predicted octanol–water partition coefficient (Wildman–Crippen LogP) is 8.06. The van der Waals surface area contributed by atoms with E-state index in [1.807, 2.05) is 0 Å². The number of nitrogens with zero attached hydrogens (tertiary/aromatic N) is 1. The van der Waals surface area contributed by atoms with Crippen LogP contribution in [-0.2, 0) is 0 Å². The maximum atomic E-state index is 6.10. The van der Waals surface area contributed by atoms with E-state index in [9.17, 15) is 0 Å². The van der Waals surface area contributed by atoms with Crippen LogP contribution in [0, 0.1) is 12.8 Å². The lowest BCUT2D eigenvalue weighted by atomic mass is 10.0. The van der Waals surface area contributed by atoms with Gasteiger partial charge in [0.1, 0.15) is 5.75 Å². The molecule has 0 saturated heterocycles. The fourth-order valence-electron chi connectivity index (χ4n) is 3.52. The summed E-state index contributed by atoms with van der Waals surface area (Å²) in [5.41, 5.74) is 4.70. The Morgan fingerprint density at radius 1 is 0.759 bits per heavy atom. The van der Waals surface area contributed by atoms with Crippen molar-refractivity contribution in [1.82, 2.24) is 0 Å². The highest BCUT2D eigenvalue weighted by Gasteiger charge is 2.12. The Morgan fingerprint density at radius 3 is 1.93 bits per heavy atom. The first-order chi connectivity index (χ1) is 14.2. The summed E-state index contributed by atoms with van der Waals surface area (Å²) >= 11 is 0. The second-order valence-electron chi connectivity index (χ2n) is 7.73. The van der Waals surface area contributed by atoms with Gasteiger partial charge in [-0.25, -0.2) is 0 Å². The van der Waals surface area contributed by atoms with Crippen molar-refractivity contribution in [3.8, 4) is 5.75 Å². The minimum atomic E-state index is 0.642. The second-order valence-corrected chi connectivity index (χ2v) is 7.73. The molecule has 0 bridgehead atoms. The van der Waals surface area contributed by atoms with Crippen LogP contribution in [0.25, 0.3) is 0 Å². The first kappa shape index (κ1) is 21.0. The van der Waals surface area contributed by atoms with E-state index in [-0.39, 0.29) is 0 Å². The van der Waals surface area contributed by atoms with Crippen molar-refractivity contribution in [2.45, 2.75) is 46.5 Å².